The smallest absolute Gasteiger partial charge is 0.192 e. The maximum absolute atomic E-state index is 6.62. The predicted octanol–water partition coefficient (Wildman–Crippen LogP) is 5.92. The van der Waals surface area contributed by atoms with Gasteiger partial charge in [0.15, 0.2) is 8.32 Å². The van der Waals surface area contributed by atoms with E-state index in [-0.39, 0.29) is 6.10 Å². The van der Waals surface area contributed by atoms with E-state index in [9.17, 15) is 0 Å². The molecule has 0 aliphatic heterocycles. The molecule has 1 atom stereocenters. The molecule has 0 aliphatic rings. The molecule has 0 aromatic heterocycles. The van der Waals surface area contributed by atoms with Crippen LogP contribution in [0.3, 0.4) is 0 Å². The second kappa shape index (κ2) is 6.55. The van der Waals surface area contributed by atoms with Crippen molar-refractivity contribution >= 4 is 19.1 Å². The molecule has 2 heteroatoms. The lowest BCUT2D eigenvalue weighted by Crippen LogP contribution is -2.36. The molecule has 0 aliphatic carbocycles. The Balaban J connectivity index is 2.34. The molecule has 2 aromatic rings. The van der Waals surface area contributed by atoms with E-state index < -0.39 is 8.32 Å². The van der Waals surface area contributed by atoms with Crippen molar-refractivity contribution in [3.8, 4) is 0 Å². The van der Waals surface area contributed by atoms with Gasteiger partial charge in [-0.25, -0.2) is 0 Å². The van der Waals surface area contributed by atoms with E-state index in [1.54, 1.807) is 0 Å². The van der Waals surface area contributed by atoms with E-state index in [4.69, 9.17) is 4.43 Å². The first kappa shape index (κ1) is 15.3. The third-order valence-corrected chi connectivity index (χ3v) is 9.34. The fraction of sp³-hybridized carbons (Fsp3) is 0.444. The Morgan fingerprint density at radius 3 is 2.15 bits per heavy atom. The van der Waals surface area contributed by atoms with Gasteiger partial charge < -0.3 is 4.43 Å². The lowest BCUT2D eigenvalue weighted by molar-refractivity contribution is 0.211. The van der Waals surface area contributed by atoms with Crippen LogP contribution in [0.15, 0.2) is 42.5 Å². The van der Waals surface area contributed by atoms with E-state index in [0.717, 1.165) is 0 Å². The molecule has 2 aromatic carbocycles. The van der Waals surface area contributed by atoms with E-state index in [1.165, 1.54) is 34.5 Å². The van der Waals surface area contributed by atoms with Crippen LogP contribution in [-0.4, -0.2) is 8.32 Å². The first-order valence-corrected chi connectivity index (χ1v) is 10.3. The molecule has 2 rings (SSSR count). The minimum absolute atomic E-state index is 0.188. The van der Waals surface area contributed by atoms with Crippen LogP contribution in [0.4, 0.5) is 0 Å². The second-order valence-electron chi connectivity index (χ2n) is 5.57. The maximum Gasteiger partial charge on any atom is 0.192 e. The van der Waals surface area contributed by atoms with Gasteiger partial charge in [0.05, 0.1) is 6.10 Å². The summed E-state index contributed by atoms with van der Waals surface area (Å²) in [4.78, 5) is 0. The van der Waals surface area contributed by atoms with E-state index >= 15 is 0 Å². The zero-order valence-corrected chi connectivity index (χ0v) is 14.1. The number of hydrogen-bond donors (Lipinski definition) is 0. The molecular weight excluding hydrogens is 260 g/mol. The zero-order chi connectivity index (χ0) is 14.6. The molecule has 0 radical (unpaired) electrons. The monoisotopic (exact) mass is 286 g/mol. The highest BCUT2D eigenvalue weighted by Crippen LogP contribution is 2.32. The summed E-state index contributed by atoms with van der Waals surface area (Å²) in [7, 11) is -1.55. The Labute approximate surface area is 124 Å². The van der Waals surface area contributed by atoms with Crippen LogP contribution in [0.1, 0.15) is 39.4 Å². The molecule has 20 heavy (non-hydrogen) atoms. The molecule has 0 N–H and O–H groups in total. The van der Waals surface area contributed by atoms with Crippen LogP contribution in [0.2, 0.25) is 18.1 Å². The van der Waals surface area contributed by atoms with E-state index in [0.29, 0.717) is 0 Å². The Morgan fingerprint density at radius 2 is 1.50 bits per heavy atom. The predicted molar refractivity (Wildman–Crippen MR) is 90.6 cm³/mol. The Hall–Kier alpha value is -1.12. The highest BCUT2D eigenvalue weighted by Gasteiger charge is 2.31. The van der Waals surface area contributed by atoms with Crippen LogP contribution in [-0.2, 0) is 4.43 Å². The van der Waals surface area contributed by atoms with E-state index in [1.807, 2.05) is 0 Å². The summed E-state index contributed by atoms with van der Waals surface area (Å²) >= 11 is 0. The number of fused-ring (bicyclic) bond motifs is 1. The highest BCUT2D eigenvalue weighted by molar-refractivity contribution is 6.73. The molecule has 0 bridgehead atoms. The normalized spacial score (nSPS) is 13.6. The summed E-state index contributed by atoms with van der Waals surface area (Å²) in [5.74, 6) is 0. The van der Waals surface area contributed by atoms with Gasteiger partial charge in [0, 0.05) is 0 Å². The molecule has 0 amide bonds. The van der Waals surface area contributed by atoms with Crippen LogP contribution in [0, 0.1) is 0 Å². The van der Waals surface area contributed by atoms with Gasteiger partial charge in [0.25, 0.3) is 0 Å². The van der Waals surface area contributed by atoms with Crippen molar-refractivity contribution in [3.63, 3.8) is 0 Å². The van der Waals surface area contributed by atoms with Crippen LogP contribution in [0.5, 0.6) is 0 Å². The SMILES string of the molecule is CC[Si](CC)(CC)OC(C)c1cccc2ccccc12. The third kappa shape index (κ3) is 2.97. The fourth-order valence-electron chi connectivity index (χ4n) is 3.04. The average Bonchev–Trinajstić information content (AvgIpc) is 2.52. The van der Waals surface area contributed by atoms with Crippen LogP contribution < -0.4 is 0 Å². The van der Waals surface area contributed by atoms with Crippen LogP contribution >= 0.6 is 0 Å². The van der Waals surface area contributed by atoms with Gasteiger partial charge >= 0.3 is 0 Å². The summed E-state index contributed by atoms with van der Waals surface area (Å²) < 4.78 is 6.62. The first-order chi connectivity index (χ1) is 9.65. The molecule has 0 saturated carbocycles. The van der Waals surface area contributed by atoms with Crippen molar-refractivity contribution in [2.24, 2.45) is 0 Å². The Kier molecular flexibility index (Phi) is 5.00. The number of hydrogen-bond acceptors (Lipinski definition) is 1. The minimum atomic E-state index is -1.55. The van der Waals surface area contributed by atoms with E-state index in [2.05, 4.69) is 70.2 Å². The first-order valence-electron chi connectivity index (χ1n) is 7.81. The van der Waals surface area contributed by atoms with Gasteiger partial charge in [0.1, 0.15) is 0 Å². The highest BCUT2D eigenvalue weighted by atomic mass is 28.4. The van der Waals surface area contributed by atoms with Gasteiger partial charge in [-0.1, -0.05) is 63.2 Å². The molecule has 1 unspecified atom stereocenters. The van der Waals surface area contributed by atoms with Gasteiger partial charge in [-0.15, -0.1) is 0 Å². The zero-order valence-electron chi connectivity index (χ0n) is 13.1. The third-order valence-electron chi connectivity index (χ3n) is 4.62. The van der Waals surface area contributed by atoms with Crippen molar-refractivity contribution in [1.82, 2.24) is 0 Å². The molecule has 0 heterocycles. The van der Waals surface area contributed by atoms with Crippen molar-refractivity contribution in [1.29, 1.82) is 0 Å². The summed E-state index contributed by atoms with van der Waals surface area (Å²) in [6.45, 7) is 9.07. The summed E-state index contributed by atoms with van der Waals surface area (Å²) in [6, 6.07) is 18.7. The summed E-state index contributed by atoms with van der Waals surface area (Å²) in [6.07, 6.45) is 0.188. The van der Waals surface area contributed by atoms with Gasteiger partial charge in [-0.3, -0.25) is 0 Å². The van der Waals surface area contributed by atoms with Crippen molar-refractivity contribution in [2.75, 3.05) is 0 Å². The standard InChI is InChI=1S/C18H26OSi/c1-5-20(6-2,7-3)19-15(4)17-14-10-12-16-11-8-9-13-18(16)17/h8-15H,5-7H2,1-4H3. The largest absolute Gasteiger partial charge is 0.410 e. The molecule has 0 spiro atoms. The Bertz CT molecular complexity index is 547. The van der Waals surface area contributed by atoms with Crippen molar-refractivity contribution in [2.45, 2.75) is 51.9 Å². The lowest BCUT2D eigenvalue weighted by atomic mass is 10.0. The van der Waals surface area contributed by atoms with Crippen molar-refractivity contribution < 1.29 is 4.43 Å². The minimum Gasteiger partial charge on any atom is -0.410 e. The molecule has 1 nitrogen and oxygen atoms in total. The topological polar surface area (TPSA) is 9.23 Å². The quantitative estimate of drug-likeness (QED) is 0.599. The van der Waals surface area contributed by atoms with Gasteiger partial charge in [0.2, 0.25) is 0 Å². The molecular formula is C18H26OSi. The molecule has 0 saturated heterocycles. The molecule has 0 fully saturated rings. The lowest BCUT2D eigenvalue weighted by Gasteiger charge is -2.32. The van der Waals surface area contributed by atoms with Crippen LogP contribution in [0.25, 0.3) is 10.8 Å². The maximum atomic E-state index is 6.62. The number of rotatable bonds is 6. The fourth-order valence-corrected chi connectivity index (χ4v) is 5.92. The van der Waals surface area contributed by atoms with Gasteiger partial charge in [-0.05, 0) is 41.4 Å². The van der Waals surface area contributed by atoms with Gasteiger partial charge in [-0.2, -0.15) is 0 Å². The number of benzene rings is 2. The average molecular weight is 286 g/mol. The second-order valence-corrected chi connectivity index (χ2v) is 10.3. The van der Waals surface area contributed by atoms with Crippen molar-refractivity contribution in [3.05, 3.63) is 48.0 Å². The molecule has 108 valence electrons. The Morgan fingerprint density at radius 1 is 0.900 bits per heavy atom. The summed E-state index contributed by atoms with van der Waals surface area (Å²) in [5, 5.41) is 2.63. The summed E-state index contributed by atoms with van der Waals surface area (Å²) in [5.41, 5.74) is 1.33.